The normalized spacial score (nSPS) is 23.3. The van der Waals surface area contributed by atoms with Gasteiger partial charge >= 0.3 is 13.8 Å². The first-order valence-corrected chi connectivity index (χ1v) is 23.5. The lowest BCUT2D eigenvalue weighted by molar-refractivity contribution is -0.220. The van der Waals surface area contributed by atoms with Crippen molar-refractivity contribution >= 4 is 13.8 Å². The van der Waals surface area contributed by atoms with Gasteiger partial charge in [0.15, 0.2) is 0 Å². The van der Waals surface area contributed by atoms with Crippen molar-refractivity contribution in [3.8, 4) is 0 Å². The average Bonchev–Trinajstić information content (AvgIpc) is 3.19. The summed E-state index contributed by atoms with van der Waals surface area (Å²) < 4.78 is 34.1. The monoisotopic (exact) mass is 831 g/mol. The van der Waals surface area contributed by atoms with E-state index in [4.69, 9.17) is 18.5 Å². The molecule has 57 heavy (non-hydrogen) atoms. The summed E-state index contributed by atoms with van der Waals surface area (Å²) in [5.74, 6) is -0.492. The highest BCUT2D eigenvalue weighted by atomic mass is 31.2. The lowest BCUT2D eigenvalue weighted by Gasteiger charge is -2.41. The number of esters is 1. The van der Waals surface area contributed by atoms with Crippen LogP contribution in [0.2, 0.25) is 0 Å². The van der Waals surface area contributed by atoms with Crippen molar-refractivity contribution in [2.45, 2.75) is 204 Å². The molecule has 1 aliphatic rings. The van der Waals surface area contributed by atoms with Gasteiger partial charge in [-0.05, 0) is 51.4 Å². The van der Waals surface area contributed by atoms with Crippen LogP contribution in [-0.2, 0) is 27.9 Å². The third-order valence-electron chi connectivity index (χ3n) is 9.97. The number of unbranched alkanes of at least 4 members (excludes halogenated alkanes) is 16. The van der Waals surface area contributed by atoms with Crippen LogP contribution in [0.4, 0.5) is 0 Å². The summed E-state index contributed by atoms with van der Waals surface area (Å²) in [6.07, 6.45) is 28.9. The van der Waals surface area contributed by atoms with Gasteiger partial charge in [0.2, 0.25) is 0 Å². The molecule has 1 aliphatic carbocycles. The molecule has 13 heteroatoms. The quantitative estimate of drug-likeness (QED) is 0.0153. The van der Waals surface area contributed by atoms with Gasteiger partial charge < -0.3 is 39.9 Å². The van der Waals surface area contributed by atoms with Crippen LogP contribution >= 0.6 is 7.82 Å². The largest absolute Gasteiger partial charge is 0.472 e. The average molecular weight is 831 g/mol. The second kappa shape index (κ2) is 35.1. The van der Waals surface area contributed by atoms with Crippen molar-refractivity contribution in [1.82, 2.24) is 0 Å². The van der Waals surface area contributed by atoms with E-state index in [0.29, 0.717) is 13.0 Å². The second-order valence-electron chi connectivity index (χ2n) is 15.2. The Morgan fingerprint density at radius 2 is 1.04 bits per heavy atom. The standard InChI is InChI=1S/C44H79O12P/c1-3-5-7-9-11-13-15-16-17-18-19-20-21-22-23-25-27-29-31-33-38(45)55-37(35-53-34-32-30-28-26-24-14-12-10-8-6-4-2)36-54-57(51,52)56-44-42(49)40(47)39(46)41(48)43(44)50/h5,7,11,13,16-17,19-20,37,39-44,46-50H,3-4,6,8-10,12,14-15,18,21-36H2,1-2H3,(H,51,52)/b7-5-,13-11-,17-16-,20-19-. The molecular formula is C44H79O12P. The number of aliphatic hydroxyl groups is 5. The number of allylic oxidation sites excluding steroid dienone is 8. The van der Waals surface area contributed by atoms with Crippen LogP contribution in [0.25, 0.3) is 0 Å². The van der Waals surface area contributed by atoms with Crippen molar-refractivity contribution in [1.29, 1.82) is 0 Å². The van der Waals surface area contributed by atoms with Gasteiger partial charge in [-0.15, -0.1) is 0 Å². The van der Waals surface area contributed by atoms with E-state index in [2.05, 4.69) is 62.5 Å². The molecule has 6 N–H and O–H groups in total. The van der Waals surface area contributed by atoms with E-state index in [9.17, 15) is 39.8 Å². The molecule has 332 valence electrons. The Hall–Kier alpha value is -1.70. The molecule has 6 atom stereocenters. The fraction of sp³-hybridized carbons (Fsp3) is 0.795. The molecule has 1 fully saturated rings. The van der Waals surface area contributed by atoms with E-state index in [1.54, 1.807) is 0 Å². The number of hydrogen-bond acceptors (Lipinski definition) is 11. The van der Waals surface area contributed by atoms with Crippen LogP contribution in [0.5, 0.6) is 0 Å². The minimum Gasteiger partial charge on any atom is -0.457 e. The summed E-state index contributed by atoms with van der Waals surface area (Å²) in [4.78, 5) is 23.1. The molecule has 0 heterocycles. The maximum Gasteiger partial charge on any atom is 0.472 e. The predicted molar refractivity (Wildman–Crippen MR) is 225 cm³/mol. The number of carbonyl (C=O) groups excluding carboxylic acids is 1. The molecule has 0 aromatic heterocycles. The first kappa shape index (κ1) is 53.3. The van der Waals surface area contributed by atoms with Gasteiger partial charge in [0.1, 0.15) is 42.7 Å². The van der Waals surface area contributed by atoms with Crippen LogP contribution < -0.4 is 0 Å². The van der Waals surface area contributed by atoms with Gasteiger partial charge in [-0.1, -0.05) is 152 Å². The lowest BCUT2D eigenvalue weighted by Crippen LogP contribution is -2.64. The highest BCUT2D eigenvalue weighted by Gasteiger charge is 2.51. The maximum absolute atomic E-state index is 12.8. The number of rotatable bonds is 36. The number of aliphatic hydroxyl groups excluding tert-OH is 5. The third kappa shape index (κ3) is 27.6. The maximum atomic E-state index is 12.8. The van der Waals surface area contributed by atoms with Crippen LogP contribution in [0.15, 0.2) is 48.6 Å². The van der Waals surface area contributed by atoms with Crippen molar-refractivity contribution in [2.75, 3.05) is 19.8 Å². The number of phosphoric acid groups is 1. The molecule has 0 aromatic carbocycles. The Bertz CT molecular complexity index is 1130. The van der Waals surface area contributed by atoms with Crippen LogP contribution in [0.3, 0.4) is 0 Å². The van der Waals surface area contributed by atoms with Crippen molar-refractivity contribution < 1.29 is 58.3 Å². The zero-order valence-electron chi connectivity index (χ0n) is 35.1. The Morgan fingerprint density at radius 1 is 0.579 bits per heavy atom. The summed E-state index contributed by atoms with van der Waals surface area (Å²) in [5, 5.41) is 50.1. The number of hydrogen-bond donors (Lipinski definition) is 6. The lowest BCUT2D eigenvalue weighted by atomic mass is 9.85. The molecule has 0 saturated heterocycles. The SMILES string of the molecule is CC/C=C\C/C=C\C/C=C\C/C=C\CCCCCCCCC(=O)OC(COCCCCCCCCCCCCC)COP(=O)(O)OC1C(O)C(O)C(O)C(O)C1O. The van der Waals surface area contributed by atoms with Crippen molar-refractivity contribution in [3.63, 3.8) is 0 Å². The molecular weight excluding hydrogens is 751 g/mol. The highest BCUT2D eigenvalue weighted by molar-refractivity contribution is 7.47. The zero-order valence-corrected chi connectivity index (χ0v) is 36.0. The summed E-state index contributed by atoms with van der Waals surface area (Å²) in [6.45, 7) is 4.11. The van der Waals surface area contributed by atoms with Crippen molar-refractivity contribution in [2.24, 2.45) is 0 Å². The fourth-order valence-corrected chi connectivity index (χ4v) is 7.44. The topological polar surface area (TPSA) is 192 Å². The Labute approximate surface area is 344 Å². The van der Waals surface area contributed by atoms with Gasteiger partial charge in [0, 0.05) is 13.0 Å². The van der Waals surface area contributed by atoms with E-state index in [1.165, 1.54) is 51.4 Å². The smallest absolute Gasteiger partial charge is 0.457 e. The molecule has 0 spiro atoms. The molecule has 0 aromatic rings. The fourth-order valence-electron chi connectivity index (χ4n) is 6.46. The Morgan fingerprint density at radius 3 is 1.58 bits per heavy atom. The molecule has 12 nitrogen and oxygen atoms in total. The first-order valence-electron chi connectivity index (χ1n) is 22.0. The summed E-state index contributed by atoms with van der Waals surface area (Å²) in [7, 11) is -5.02. The third-order valence-corrected chi connectivity index (χ3v) is 11.0. The number of ether oxygens (including phenoxy) is 2. The van der Waals surface area contributed by atoms with Gasteiger partial charge in [0.05, 0.1) is 13.2 Å². The van der Waals surface area contributed by atoms with E-state index in [1.807, 2.05) is 0 Å². The van der Waals surface area contributed by atoms with Crippen molar-refractivity contribution in [3.05, 3.63) is 48.6 Å². The molecule has 0 amide bonds. The van der Waals surface area contributed by atoms with E-state index in [-0.39, 0.29) is 13.0 Å². The molecule has 1 rings (SSSR count). The first-order chi connectivity index (χ1) is 27.5. The van der Waals surface area contributed by atoms with E-state index < -0.39 is 63.1 Å². The molecule has 0 bridgehead atoms. The van der Waals surface area contributed by atoms with Gasteiger partial charge in [-0.2, -0.15) is 0 Å². The van der Waals surface area contributed by atoms with Gasteiger partial charge in [0.25, 0.3) is 0 Å². The minimum atomic E-state index is -5.02. The molecule has 6 unspecified atom stereocenters. The number of phosphoric ester groups is 1. The summed E-state index contributed by atoms with van der Waals surface area (Å²) >= 11 is 0. The van der Waals surface area contributed by atoms with Gasteiger partial charge in [-0.25, -0.2) is 4.57 Å². The minimum absolute atomic E-state index is 0.0823. The number of carbonyl (C=O) groups is 1. The van der Waals surface area contributed by atoms with Crippen LogP contribution in [-0.4, -0.2) is 98.9 Å². The van der Waals surface area contributed by atoms with Gasteiger partial charge in [-0.3, -0.25) is 13.8 Å². The van der Waals surface area contributed by atoms with Crippen LogP contribution in [0, 0.1) is 0 Å². The summed E-state index contributed by atoms with van der Waals surface area (Å²) in [6, 6.07) is 0. The second-order valence-corrected chi connectivity index (χ2v) is 16.6. The molecule has 1 saturated carbocycles. The highest BCUT2D eigenvalue weighted by Crippen LogP contribution is 2.47. The molecule has 0 radical (unpaired) electrons. The van der Waals surface area contributed by atoms with Crippen LogP contribution in [0.1, 0.15) is 162 Å². The molecule has 0 aliphatic heterocycles. The Kier molecular flexibility index (Phi) is 32.8. The predicted octanol–water partition coefficient (Wildman–Crippen LogP) is 8.47. The van der Waals surface area contributed by atoms with E-state index >= 15 is 0 Å². The zero-order chi connectivity index (χ0) is 42.0. The Balaban J connectivity index is 2.41. The van der Waals surface area contributed by atoms with E-state index in [0.717, 1.165) is 83.5 Å². The summed E-state index contributed by atoms with van der Waals surface area (Å²) in [5.41, 5.74) is 0.